The Hall–Kier alpha value is -3.60. The van der Waals surface area contributed by atoms with E-state index < -0.39 is 0 Å². The van der Waals surface area contributed by atoms with E-state index in [0.717, 1.165) is 39.1 Å². The minimum Gasteiger partial charge on any atom is -0.457 e. The average Bonchev–Trinajstić information content (AvgIpc) is 2.62. The zero-order valence-electron chi connectivity index (χ0n) is 14.3. The maximum atomic E-state index is 6.08. The molecule has 4 rings (SSSR count). The van der Waals surface area contributed by atoms with E-state index in [0.29, 0.717) is 5.82 Å². The number of nitrogens with two attached hydrogens (primary N) is 2. The molecular formula is C21H18N4O. The molecular weight excluding hydrogens is 324 g/mol. The predicted octanol–water partition coefficient (Wildman–Crippen LogP) is 4.56. The van der Waals surface area contributed by atoms with Crippen LogP contribution in [0, 0.1) is 6.92 Å². The minimum atomic E-state index is 0.181. The Morgan fingerprint density at radius 3 is 2.38 bits per heavy atom. The van der Waals surface area contributed by atoms with Crippen LogP contribution in [0.2, 0.25) is 0 Å². The van der Waals surface area contributed by atoms with E-state index in [1.165, 1.54) is 0 Å². The molecule has 0 saturated carbocycles. The first kappa shape index (κ1) is 15.9. The standard InChI is InChI=1S/C21H18N4O/c1-13-17(10-11-18-19(13)20(22)25-21(23)24-18)14-6-5-9-16(12-14)26-15-7-3-2-4-8-15/h2-12H,1H3,(H4,22,23,24,25). The Balaban J connectivity index is 1.78. The van der Waals surface area contributed by atoms with Crippen molar-refractivity contribution in [1.29, 1.82) is 0 Å². The van der Waals surface area contributed by atoms with Gasteiger partial charge in [-0.05, 0) is 53.9 Å². The van der Waals surface area contributed by atoms with Crippen molar-refractivity contribution >= 4 is 22.7 Å². The molecule has 3 aromatic carbocycles. The molecule has 0 amide bonds. The van der Waals surface area contributed by atoms with Crippen molar-refractivity contribution in [2.24, 2.45) is 0 Å². The van der Waals surface area contributed by atoms with Crippen LogP contribution in [0.5, 0.6) is 11.5 Å². The summed E-state index contributed by atoms with van der Waals surface area (Å²) in [6.07, 6.45) is 0. The first-order valence-corrected chi connectivity index (χ1v) is 8.27. The second kappa shape index (κ2) is 6.37. The van der Waals surface area contributed by atoms with Gasteiger partial charge in [0.1, 0.15) is 17.3 Å². The van der Waals surface area contributed by atoms with Crippen molar-refractivity contribution in [3.8, 4) is 22.6 Å². The Bertz CT molecular complexity index is 1090. The molecule has 26 heavy (non-hydrogen) atoms. The van der Waals surface area contributed by atoms with Crippen LogP contribution in [0.1, 0.15) is 5.56 Å². The molecule has 5 nitrogen and oxygen atoms in total. The molecule has 0 aliphatic carbocycles. The summed E-state index contributed by atoms with van der Waals surface area (Å²) in [5.41, 5.74) is 15.6. The zero-order valence-corrected chi connectivity index (χ0v) is 14.3. The van der Waals surface area contributed by atoms with Crippen molar-refractivity contribution < 1.29 is 4.74 Å². The number of nitrogens with zero attached hydrogens (tertiary/aromatic N) is 2. The van der Waals surface area contributed by atoms with Gasteiger partial charge in [0.25, 0.3) is 0 Å². The summed E-state index contributed by atoms with van der Waals surface area (Å²) < 4.78 is 5.94. The SMILES string of the molecule is Cc1c(-c2cccc(Oc3ccccc3)c2)ccc2nc(N)nc(N)c12. The summed E-state index contributed by atoms with van der Waals surface area (Å²) in [6, 6.07) is 21.6. The van der Waals surface area contributed by atoms with Gasteiger partial charge in [0.05, 0.1) is 5.52 Å². The molecule has 1 heterocycles. The van der Waals surface area contributed by atoms with Crippen molar-refractivity contribution in [2.75, 3.05) is 11.5 Å². The molecule has 128 valence electrons. The number of rotatable bonds is 3. The number of aryl methyl sites for hydroxylation is 1. The lowest BCUT2D eigenvalue weighted by atomic mass is 9.97. The van der Waals surface area contributed by atoms with Crippen molar-refractivity contribution in [2.45, 2.75) is 6.92 Å². The van der Waals surface area contributed by atoms with Gasteiger partial charge >= 0.3 is 0 Å². The van der Waals surface area contributed by atoms with E-state index in [9.17, 15) is 0 Å². The highest BCUT2D eigenvalue weighted by Crippen LogP contribution is 2.34. The quantitative estimate of drug-likeness (QED) is 0.570. The van der Waals surface area contributed by atoms with E-state index in [1.807, 2.05) is 73.7 Å². The highest BCUT2D eigenvalue weighted by molar-refractivity contribution is 5.96. The van der Waals surface area contributed by atoms with Crippen LogP contribution in [0.3, 0.4) is 0 Å². The average molecular weight is 342 g/mol. The van der Waals surface area contributed by atoms with Gasteiger partial charge in [-0.25, -0.2) is 4.98 Å². The topological polar surface area (TPSA) is 87.0 Å². The van der Waals surface area contributed by atoms with Crippen LogP contribution in [0.15, 0.2) is 66.7 Å². The summed E-state index contributed by atoms with van der Waals surface area (Å²) in [5.74, 6) is 2.15. The summed E-state index contributed by atoms with van der Waals surface area (Å²) in [4.78, 5) is 8.36. The number of aromatic nitrogens is 2. The third-order valence-electron chi connectivity index (χ3n) is 4.29. The molecule has 0 radical (unpaired) electrons. The molecule has 0 spiro atoms. The first-order chi connectivity index (χ1) is 12.6. The van der Waals surface area contributed by atoms with E-state index in [1.54, 1.807) is 0 Å². The van der Waals surface area contributed by atoms with Gasteiger partial charge in [-0.1, -0.05) is 36.4 Å². The number of anilines is 2. The number of hydrogen-bond acceptors (Lipinski definition) is 5. The lowest BCUT2D eigenvalue weighted by Gasteiger charge is -2.12. The lowest BCUT2D eigenvalue weighted by Crippen LogP contribution is -2.02. The number of fused-ring (bicyclic) bond motifs is 1. The fourth-order valence-electron chi connectivity index (χ4n) is 3.11. The van der Waals surface area contributed by atoms with E-state index in [-0.39, 0.29) is 5.95 Å². The van der Waals surface area contributed by atoms with E-state index in [2.05, 4.69) is 9.97 Å². The third kappa shape index (κ3) is 2.91. The van der Waals surface area contributed by atoms with Crippen LogP contribution >= 0.6 is 0 Å². The van der Waals surface area contributed by atoms with Gasteiger partial charge in [0, 0.05) is 5.39 Å². The van der Waals surface area contributed by atoms with Gasteiger partial charge in [0.2, 0.25) is 5.95 Å². The smallest absolute Gasteiger partial charge is 0.222 e. The summed E-state index contributed by atoms with van der Waals surface area (Å²) in [5, 5.41) is 0.825. The lowest BCUT2D eigenvalue weighted by molar-refractivity contribution is 0.483. The van der Waals surface area contributed by atoms with Gasteiger partial charge in [-0.15, -0.1) is 0 Å². The van der Waals surface area contributed by atoms with Gasteiger partial charge in [-0.3, -0.25) is 0 Å². The Kier molecular flexibility index (Phi) is 3.89. The normalized spacial score (nSPS) is 10.8. The summed E-state index contributed by atoms with van der Waals surface area (Å²) in [7, 11) is 0. The fourth-order valence-corrected chi connectivity index (χ4v) is 3.11. The largest absolute Gasteiger partial charge is 0.457 e. The molecule has 5 heteroatoms. The van der Waals surface area contributed by atoms with E-state index in [4.69, 9.17) is 16.2 Å². The molecule has 0 saturated heterocycles. The van der Waals surface area contributed by atoms with E-state index >= 15 is 0 Å². The highest BCUT2D eigenvalue weighted by Gasteiger charge is 2.12. The highest BCUT2D eigenvalue weighted by atomic mass is 16.5. The molecule has 0 unspecified atom stereocenters. The number of benzene rings is 3. The van der Waals surface area contributed by atoms with Crippen molar-refractivity contribution in [1.82, 2.24) is 9.97 Å². The number of para-hydroxylation sites is 1. The maximum absolute atomic E-state index is 6.08. The van der Waals surface area contributed by atoms with Crippen LogP contribution in [-0.4, -0.2) is 9.97 Å². The molecule has 0 aliphatic heterocycles. The third-order valence-corrected chi connectivity index (χ3v) is 4.29. The maximum Gasteiger partial charge on any atom is 0.222 e. The Labute approximate surface area is 151 Å². The van der Waals surface area contributed by atoms with Crippen molar-refractivity contribution in [3.63, 3.8) is 0 Å². The monoisotopic (exact) mass is 342 g/mol. The molecule has 4 N–H and O–H groups in total. The predicted molar refractivity (Wildman–Crippen MR) is 105 cm³/mol. The molecule has 0 bridgehead atoms. The number of ether oxygens (including phenoxy) is 1. The van der Waals surface area contributed by atoms with Crippen LogP contribution in [-0.2, 0) is 0 Å². The summed E-state index contributed by atoms with van der Waals surface area (Å²) in [6.45, 7) is 2.01. The van der Waals surface area contributed by atoms with Crippen LogP contribution in [0.4, 0.5) is 11.8 Å². The van der Waals surface area contributed by atoms with Gasteiger partial charge < -0.3 is 16.2 Å². The van der Waals surface area contributed by atoms with Crippen LogP contribution < -0.4 is 16.2 Å². The second-order valence-electron chi connectivity index (χ2n) is 6.04. The first-order valence-electron chi connectivity index (χ1n) is 8.27. The molecule has 1 aromatic heterocycles. The molecule has 4 aromatic rings. The Morgan fingerprint density at radius 2 is 1.58 bits per heavy atom. The molecule has 0 atom stereocenters. The Morgan fingerprint density at radius 1 is 0.808 bits per heavy atom. The van der Waals surface area contributed by atoms with Gasteiger partial charge in [0.15, 0.2) is 0 Å². The number of hydrogen-bond donors (Lipinski definition) is 2. The molecule has 0 aliphatic rings. The number of nitrogen functional groups attached to an aromatic ring is 2. The second-order valence-corrected chi connectivity index (χ2v) is 6.04. The van der Waals surface area contributed by atoms with Crippen LogP contribution in [0.25, 0.3) is 22.0 Å². The molecule has 0 fully saturated rings. The fraction of sp³-hybridized carbons (Fsp3) is 0.0476. The van der Waals surface area contributed by atoms with Gasteiger partial charge in [-0.2, -0.15) is 4.98 Å². The minimum absolute atomic E-state index is 0.181. The zero-order chi connectivity index (χ0) is 18.1. The van der Waals surface area contributed by atoms with Crippen molar-refractivity contribution in [3.05, 3.63) is 72.3 Å². The summed E-state index contributed by atoms with van der Waals surface area (Å²) >= 11 is 0.